The molecule has 0 bridgehead atoms. The van der Waals surface area contributed by atoms with Crippen LogP contribution in [0.25, 0.3) is 0 Å². The van der Waals surface area contributed by atoms with E-state index in [2.05, 4.69) is 41.7 Å². The summed E-state index contributed by atoms with van der Waals surface area (Å²) in [4.78, 5) is 33.9. The number of benzene rings is 1. The van der Waals surface area contributed by atoms with Crippen LogP contribution in [0.4, 0.5) is 11.4 Å². The van der Waals surface area contributed by atoms with Crippen molar-refractivity contribution >= 4 is 23.2 Å². The number of aromatic nitrogens is 1. The normalized spacial score (nSPS) is 19.1. The highest BCUT2D eigenvalue weighted by molar-refractivity contribution is 5.99. The first-order chi connectivity index (χ1) is 15.8. The van der Waals surface area contributed by atoms with Gasteiger partial charge in [0.25, 0.3) is 0 Å². The molecule has 7 heteroatoms. The molecule has 2 atom stereocenters. The SMILES string of the molecule is C=C1C(NC(=O)[C@H](N)CC(C)C)Cc2cccc(N3CCCC3=O)c2N1Cc1ccccn1. The fraction of sp³-hybridized carbons (Fsp3) is 0.423. The van der Waals surface area contributed by atoms with Crippen LogP contribution >= 0.6 is 0 Å². The average molecular weight is 448 g/mol. The Morgan fingerprint density at radius 1 is 1.27 bits per heavy atom. The van der Waals surface area contributed by atoms with Gasteiger partial charge in [-0.05, 0) is 42.5 Å². The molecule has 0 saturated carbocycles. The van der Waals surface area contributed by atoms with E-state index < -0.39 is 6.04 Å². The van der Waals surface area contributed by atoms with Gasteiger partial charge in [0.15, 0.2) is 0 Å². The van der Waals surface area contributed by atoms with E-state index in [1.165, 1.54) is 0 Å². The maximum absolute atomic E-state index is 12.8. The molecule has 3 N–H and O–H groups in total. The van der Waals surface area contributed by atoms with Gasteiger partial charge in [-0.2, -0.15) is 0 Å². The smallest absolute Gasteiger partial charge is 0.237 e. The highest BCUT2D eigenvalue weighted by Crippen LogP contribution is 2.42. The van der Waals surface area contributed by atoms with Crippen LogP contribution in [0.5, 0.6) is 0 Å². The molecule has 1 fully saturated rings. The average Bonchev–Trinajstić information content (AvgIpc) is 3.22. The lowest BCUT2D eigenvalue weighted by molar-refractivity contribution is -0.123. The first-order valence-electron chi connectivity index (χ1n) is 11.7. The summed E-state index contributed by atoms with van der Waals surface area (Å²) in [5.41, 5.74) is 10.7. The molecule has 1 aromatic heterocycles. The van der Waals surface area contributed by atoms with Crippen LogP contribution in [0.1, 0.15) is 44.4 Å². The summed E-state index contributed by atoms with van der Waals surface area (Å²) in [7, 11) is 0. The van der Waals surface area contributed by atoms with E-state index in [0.717, 1.165) is 34.8 Å². The zero-order valence-corrected chi connectivity index (χ0v) is 19.5. The Morgan fingerprint density at radius 2 is 2.09 bits per heavy atom. The number of hydrogen-bond donors (Lipinski definition) is 2. The van der Waals surface area contributed by atoms with Crippen molar-refractivity contribution in [3.8, 4) is 0 Å². The Morgan fingerprint density at radius 3 is 2.76 bits per heavy atom. The number of hydrogen-bond acceptors (Lipinski definition) is 5. The molecule has 1 aromatic carbocycles. The van der Waals surface area contributed by atoms with Gasteiger partial charge in [-0.3, -0.25) is 14.6 Å². The van der Waals surface area contributed by atoms with E-state index in [1.807, 2.05) is 35.2 Å². The molecule has 1 unspecified atom stereocenters. The lowest BCUT2D eigenvalue weighted by Crippen LogP contribution is -2.51. The summed E-state index contributed by atoms with van der Waals surface area (Å²) >= 11 is 0. The summed E-state index contributed by atoms with van der Waals surface area (Å²) in [6.07, 6.45) is 4.42. The highest BCUT2D eigenvalue weighted by atomic mass is 16.2. The van der Waals surface area contributed by atoms with Crippen molar-refractivity contribution in [2.45, 2.75) is 58.2 Å². The Bertz CT molecular complexity index is 1040. The second-order valence-electron chi connectivity index (χ2n) is 9.33. The van der Waals surface area contributed by atoms with E-state index in [0.29, 0.717) is 38.3 Å². The number of pyridine rings is 1. The second kappa shape index (κ2) is 9.75. The van der Waals surface area contributed by atoms with Crippen LogP contribution in [0.2, 0.25) is 0 Å². The van der Waals surface area contributed by atoms with Crippen LogP contribution < -0.4 is 20.9 Å². The fourth-order valence-electron chi connectivity index (χ4n) is 4.71. The molecular weight excluding hydrogens is 414 g/mol. The Hall–Kier alpha value is -3.19. The van der Waals surface area contributed by atoms with Crippen LogP contribution in [0, 0.1) is 5.92 Å². The fourth-order valence-corrected chi connectivity index (χ4v) is 4.71. The first kappa shape index (κ1) is 23.0. The summed E-state index contributed by atoms with van der Waals surface area (Å²) < 4.78 is 0. The summed E-state index contributed by atoms with van der Waals surface area (Å²) in [6, 6.07) is 11.0. The molecule has 3 heterocycles. The monoisotopic (exact) mass is 447 g/mol. The minimum atomic E-state index is -0.558. The van der Waals surface area contributed by atoms with Gasteiger partial charge in [-0.1, -0.05) is 38.6 Å². The van der Waals surface area contributed by atoms with E-state index in [4.69, 9.17) is 5.73 Å². The summed E-state index contributed by atoms with van der Waals surface area (Å²) in [5.74, 6) is 0.311. The lowest BCUT2D eigenvalue weighted by Gasteiger charge is -2.40. The number of fused-ring (bicyclic) bond motifs is 1. The number of nitrogens with zero attached hydrogens (tertiary/aromatic N) is 3. The predicted octanol–water partition coefficient (Wildman–Crippen LogP) is 3.14. The standard InChI is InChI=1S/C26H33N5O2/c1-17(2)14-21(27)26(33)29-22-15-19-8-6-10-23(30-13-7-11-24(30)32)25(19)31(18(22)3)16-20-9-4-5-12-28-20/h4-6,8-10,12,17,21-22H,3,7,11,13-16,27H2,1-2H3,(H,29,33)/t21-,22?/m1/s1. The van der Waals surface area contributed by atoms with Gasteiger partial charge in [-0.25, -0.2) is 0 Å². The van der Waals surface area contributed by atoms with Gasteiger partial charge < -0.3 is 20.9 Å². The minimum absolute atomic E-state index is 0.141. The van der Waals surface area contributed by atoms with E-state index in [1.54, 1.807) is 6.20 Å². The molecule has 2 aliphatic heterocycles. The second-order valence-corrected chi connectivity index (χ2v) is 9.33. The maximum Gasteiger partial charge on any atom is 0.237 e. The first-order valence-corrected chi connectivity index (χ1v) is 11.7. The molecule has 33 heavy (non-hydrogen) atoms. The Kier molecular flexibility index (Phi) is 6.79. The Balaban J connectivity index is 1.69. The molecular formula is C26H33N5O2. The van der Waals surface area contributed by atoms with E-state index in [-0.39, 0.29) is 17.9 Å². The van der Waals surface area contributed by atoms with Crippen molar-refractivity contribution in [3.63, 3.8) is 0 Å². The van der Waals surface area contributed by atoms with Crippen molar-refractivity contribution in [1.82, 2.24) is 10.3 Å². The quantitative estimate of drug-likeness (QED) is 0.680. The van der Waals surface area contributed by atoms with Gasteiger partial charge in [0.2, 0.25) is 11.8 Å². The summed E-state index contributed by atoms with van der Waals surface area (Å²) in [6.45, 7) is 9.69. The number of nitrogens with one attached hydrogen (secondary N) is 1. The van der Waals surface area contributed by atoms with E-state index >= 15 is 0 Å². The zero-order chi connectivity index (χ0) is 23.5. The third-order valence-electron chi connectivity index (χ3n) is 6.33. The molecule has 0 aliphatic carbocycles. The third-order valence-corrected chi connectivity index (χ3v) is 6.33. The number of anilines is 2. The minimum Gasteiger partial charge on any atom is -0.346 e. The van der Waals surface area contributed by atoms with Gasteiger partial charge >= 0.3 is 0 Å². The molecule has 1 saturated heterocycles. The predicted molar refractivity (Wildman–Crippen MR) is 131 cm³/mol. The number of para-hydroxylation sites is 1. The molecule has 2 aromatic rings. The number of amides is 2. The van der Waals surface area contributed by atoms with Crippen molar-refractivity contribution in [2.24, 2.45) is 11.7 Å². The third kappa shape index (κ3) is 4.93. The topological polar surface area (TPSA) is 91.6 Å². The van der Waals surface area contributed by atoms with Crippen molar-refractivity contribution in [3.05, 3.63) is 66.1 Å². The molecule has 2 amide bonds. The maximum atomic E-state index is 12.8. The zero-order valence-electron chi connectivity index (χ0n) is 19.5. The van der Waals surface area contributed by atoms with Gasteiger partial charge in [0.05, 0.1) is 35.7 Å². The largest absolute Gasteiger partial charge is 0.346 e. The van der Waals surface area contributed by atoms with Crippen molar-refractivity contribution in [1.29, 1.82) is 0 Å². The van der Waals surface area contributed by atoms with Crippen LogP contribution in [-0.2, 0) is 22.6 Å². The molecule has 7 nitrogen and oxygen atoms in total. The number of carbonyl (C=O) groups excluding carboxylic acids is 2. The van der Waals surface area contributed by atoms with Crippen molar-refractivity contribution in [2.75, 3.05) is 16.3 Å². The number of carbonyl (C=O) groups is 2. The summed E-state index contributed by atoms with van der Waals surface area (Å²) in [5, 5.41) is 3.12. The van der Waals surface area contributed by atoms with E-state index in [9.17, 15) is 9.59 Å². The highest BCUT2D eigenvalue weighted by Gasteiger charge is 2.35. The van der Waals surface area contributed by atoms with Crippen LogP contribution in [0.3, 0.4) is 0 Å². The molecule has 4 rings (SSSR count). The van der Waals surface area contributed by atoms with Gasteiger partial charge in [0.1, 0.15) is 0 Å². The van der Waals surface area contributed by atoms with Gasteiger partial charge in [-0.15, -0.1) is 0 Å². The van der Waals surface area contributed by atoms with Gasteiger partial charge in [0, 0.05) is 31.3 Å². The number of rotatable bonds is 7. The Labute approximate surface area is 195 Å². The molecule has 174 valence electrons. The molecule has 0 spiro atoms. The number of nitrogens with two attached hydrogens (primary N) is 1. The van der Waals surface area contributed by atoms with Crippen LogP contribution in [-0.4, -0.2) is 35.4 Å². The van der Waals surface area contributed by atoms with Crippen molar-refractivity contribution < 1.29 is 9.59 Å². The lowest BCUT2D eigenvalue weighted by atomic mass is 9.93. The van der Waals surface area contributed by atoms with Crippen LogP contribution in [0.15, 0.2) is 54.9 Å². The molecule has 0 radical (unpaired) electrons. The molecule has 2 aliphatic rings.